The molecule has 20 heavy (non-hydrogen) atoms. The van der Waals surface area contributed by atoms with E-state index in [-0.39, 0.29) is 11.4 Å². The third-order valence-electron chi connectivity index (χ3n) is 2.29. The summed E-state index contributed by atoms with van der Waals surface area (Å²) in [5, 5.41) is 20.2. The molecule has 2 aromatic carbocycles. The lowest BCUT2D eigenvalue weighted by atomic mass is 10.2. The molecule has 0 radical (unpaired) electrons. The van der Waals surface area contributed by atoms with E-state index >= 15 is 0 Å². The smallest absolute Gasteiger partial charge is 0.258 e. The van der Waals surface area contributed by atoms with Crippen LogP contribution in [0, 0.1) is 30.7 Å². The fraction of sp³-hybridized carbons (Fsp3) is 0.0769. The van der Waals surface area contributed by atoms with Gasteiger partial charge in [-0.25, -0.2) is 0 Å². The first-order chi connectivity index (χ1) is 9.40. The summed E-state index contributed by atoms with van der Waals surface area (Å²) in [6.07, 6.45) is 0. The van der Waals surface area contributed by atoms with E-state index in [0.717, 1.165) is 9.13 Å². The Morgan fingerprint density at radius 2 is 1.15 bits per heavy atom. The quantitative estimate of drug-likeness (QED) is 0.411. The normalized spacial score (nSPS) is 9.30. The van der Waals surface area contributed by atoms with Crippen LogP contribution in [-0.4, -0.2) is 9.85 Å². The number of hydrogen-bond donors (Lipinski definition) is 0. The maximum atomic E-state index is 10.1. The molecule has 0 aromatic heterocycles. The molecule has 0 unspecified atom stereocenters. The van der Waals surface area contributed by atoms with Crippen LogP contribution in [0.25, 0.3) is 0 Å². The van der Waals surface area contributed by atoms with Crippen LogP contribution >= 0.6 is 0 Å². The second kappa shape index (κ2) is 7.53. The summed E-state index contributed by atoms with van der Waals surface area (Å²) in [6, 6.07) is 12.9. The average molecular weight is 387 g/mol. The van der Waals surface area contributed by atoms with Crippen molar-refractivity contribution < 1.29 is 32.4 Å². The van der Waals surface area contributed by atoms with E-state index < -0.39 is 9.85 Å². The highest BCUT2D eigenvalue weighted by Gasteiger charge is 2.04. The minimum absolute atomic E-state index is 0.144. The molecule has 2 rings (SSSR count). The van der Waals surface area contributed by atoms with E-state index in [0.29, 0.717) is 0 Å². The molecule has 7 heteroatoms. The van der Waals surface area contributed by atoms with E-state index in [4.69, 9.17) is 0 Å². The van der Waals surface area contributed by atoms with Gasteiger partial charge in [0.15, 0.2) is 3.57 Å². The summed E-state index contributed by atoms with van der Waals surface area (Å²) in [6.45, 7) is 1.89. The molecule has 0 atom stereocenters. The lowest BCUT2D eigenvalue weighted by molar-refractivity contribution is -0.385. The first-order valence-corrected chi connectivity index (χ1v) is 6.69. The molecule has 0 aliphatic carbocycles. The zero-order chi connectivity index (χ0) is 15.1. The van der Waals surface area contributed by atoms with E-state index in [1.165, 1.54) is 24.3 Å². The fourth-order valence-corrected chi connectivity index (χ4v) is 1.62. The fourth-order valence-electron chi connectivity index (χ4n) is 1.23. The van der Waals surface area contributed by atoms with Gasteiger partial charge in [-0.15, -0.1) is 0 Å². The number of nitro benzene ring substituents is 2. The van der Waals surface area contributed by atoms with Gasteiger partial charge in [-0.05, 0) is 19.1 Å². The SMILES string of the molecule is Cc1ccc([N+](=O)[O-])cc1.O=[N+]([O-])c1ccc([IH+])cc1. The lowest BCUT2D eigenvalue weighted by Crippen LogP contribution is -3.34. The maximum Gasteiger partial charge on any atom is 0.296 e. The van der Waals surface area contributed by atoms with Crippen molar-refractivity contribution in [3.63, 3.8) is 0 Å². The van der Waals surface area contributed by atoms with Gasteiger partial charge in [-0.2, -0.15) is 0 Å². The molecular formula is C13H12IN2O4+. The predicted molar refractivity (Wildman–Crippen MR) is 71.0 cm³/mol. The molecule has 0 fully saturated rings. The van der Waals surface area contributed by atoms with Gasteiger partial charge in [-0.1, -0.05) is 17.7 Å². The summed E-state index contributed by atoms with van der Waals surface area (Å²) in [7, 11) is 0. The average Bonchev–Trinajstić information content (AvgIpc) is 2.40. The highest BCUT2D eigenvalue weighted by atomic mass is 127. The highest BCUT2D eigenvalue weighted by molar-refractivity contribution is 5.32. The number of non-ortho nitro benzene ring substituents is 2. The summed E-state index contributed by atoms with van der Waals surface area (Å²) in [5.41, 5.74) is 1.32. The molecule has 0 amide bonds. The maximum absolute atomic E-state index is 10.1. The first-order valence-electron chi connectivity index (χ1n) is 5.52. The number of nitro groups is 2. The van der Waals surface area contributed by atoms with Crippen LogP contribution in [0.2, 0.25) is 0 Å². The highest BCUT2D eigenvalue weighted by Crippen LogP contribution is 2.10. The Morgan fingerprint density at radius 1 is 0.800 bits per heavy atom. The third-order valence-corrected chi connectivity index (χ3v) is 3.07. The second-order valence-corrected chi connectivity index (χ2v) is 5.19. The summed E-state index contributed by atoms with van der Waals surface area (Å²) in [5.74, 6) is 0. The summed E-state index contributed by atoms with van der Waals surface area (Å²) < 4.78 is 1.04. The van der Waals surface area contributed by atoms with E-state index in [1.807, 2.05) is 29.5 Å². The molecule has 0 aliphatic heterocycles. The van der Waals surface area contributed by atoms with Gasteiger partial charge in [0.25, 0.3) is 34.0 Å². The minimum Gasteiger partial charge on any atom is -0.258 e. The van der Waals surface area contributed by atoms with Crippen molar-refractivity contribution in [2.75, 3.05) is 0 Å². The molecule has 0 aliphatic rings. The largest absolute Gasteiger partial charge is 0.296 e. The zero-order valence-electron chi connectivity index (χ0n) is 10.6. The van der Waals surface area contributed by atoms with Crippen LogP contribution in [0.1, 0.15) is 5.56 Å². The van der Waals surface area contributed by atoms with Crippen molar-refractivity contribution >= 4 is 11.4 Å². The topological polar surface area (TPSA) is 86.3 Å². The molecule has 0 saturated carbocycles. The zero-order valence-corrected chi connectivity index (χ0v) is 12.9. The standard InChI is InChI=1S/C7H7NO2.C6H5INO2/c1-6-2-4-7(5-3-6)8(9)10;7-5-1-3-6(4-2-5)8(9)10/h2-5H,1H3;1-4,7H/q;+1. The van der Waals surface area contributed by atoms with Gasteiger partial charge in [0.1, 0.15) is 0 Å². The molecular weight excluding hydrogens is 375 g/mol. The number of aryl methyl sites for hydroxylation is 1. The van der Waals surface area contributed by atoms with Crippen molar-refractivity contribution in [1.29, 1.82) is 0 Å². The van der Waals surface area contributed by atoms with Crippen LogP contribution < -0.4 is 22.6 Å². The predicted octanol–water partition coefficient (Wildman–Crippen LogP) is -0.0468. The van der Waals surface area contributed by atoms with Gasteiger partial charge in [-0.3, -0.25) is 20.2 Å². The van der Waals surface area contributed by atoms with Crippen LogP contribution in [0.4, 0.5) is 11.4 Å². The summed E-state index contributed by atoms with van der Waals surface area (Å²) in [4.78, 5) is 19.4. The van der Waals surface area contributed by atoms with Crippen LogP contribution in [0.3, 0.4) is 0 Å². The molecule has 2 aromatic rings. The summed E-state index contributed by atoms with van der Waals surface area (Å²) >= 11 is 1.82. The number of nitrogens with zero attached hydrogens (tertiary/aromatic N) is 2. The van der Waals surface area contributed by atoms with Gasteiger partial charge in [0, 0.05) is 24.3 Å². The van der Waals surface area contributed by atoms with Crippen LogP contribution in [-0.2, 0) is 0 Å². The number of benzene rings is 2. The number of hydrogen-bond acceptors (Lipinski definition) is 4. The van der Waals surface area contributed by atoms with Gasteiger partial charge in [0.2, 0.25) is 0 Å². The molecule has 0 heterocycles. The monoisotopic (exact) mass is 387 g/mol. The van der Waals surface area contributed by atoms with Crippen molar-refractivity contribution in [2.45, 2.75) is 6.92 Å². The first kappa shape index (κ1) is 16.0. The van der Waals surface area contributed by atoms with Crippen molar-refractivity contribution in [3.8, 4) is 0 Å². The van der Waals surface area contributed by atoms with Crippen molar-refractivity contribution in [2.24, 2.45) is 0 Å². The van der Waals surface area contributed by atoms with Crippen molar-refractivity contribution in [1.82, 2.24) is 0 Å². The molecule has 0 bridgehead atoms. The lowest BCUT2D eigenvalue weighted by Gasteiger charge is -1.90. The van der Waals surface area contributed by atoms with Crippen LogP contribution in [0.15, 0.2) is 48.5 Å². The Balaban J connectivity index is 0.000000200. The Labute approximate surface area is 128 Å². The van der Waals surface area contributed by atoms with E-state index in [2.05, 4.69) is 0 Å². The Kier molecular flexibility index (Phi) is 6.04. The molecule has 6 nitrogen and oxygen atoms in total. The molecule has 0 N–H and O–H groups in total. The number of rotatable bonds is 2. The van der Waals surface area contributed by atoms with Crippen molar-refractivity contribution in [3.05, 3.63) is 77.9 Å². The Hall–Kier alpha value is -2.03. The molecule has 0 saturated heterocycles. The van der Waals surface area contributed by atoms with E-state index in [9.17, 15) is 20.2 Å². The van der Waals surface area contributed by atoms with Gasteiger partial charge < -0.3 is 0 Å². The van der Waals surface area contributed by atoms with Gasteiger partial charge in [0.05, 0.1) is 9.85 Å². The van der Waals surface area contributed by atoms with Gasteiger partial charge >= 0.3 is 0 Å². The Morgan fingerprint density at radius 3 is 1.50 bits per heavy atom. The second-order valence-electron chi connectivity index (χ2n) is 3.84. The minimum atomic E-state index is -0.403. The number of halogens is 1. The van der Waals surface area contributed by atoms with Crippen LogP contribution in [0.5, 0.6) is 0 Å². The molecule has 104 valence electrons. The third kappa shape index (κ3) is 5.31. The molecule has 0 spiro atoms. The van der Waals surface area contributed by atoms with E-state index in [1.54, 1.807) is 24.3 Å². The Bertz CT molecular complexity index is 541.